The minimum absolute atomic E-state index is 0.507. The molecule has 26 heavy (non-hydrogen) atoms. The molecule has 0 aromatic heterocycles. The third-order valence-corrected chi connectivity index (χ3v) is 6.05. The number of nitrogens with zero attached hydrogens (tertiary/aromatic N) is 2. The van der Waals surface area contributed by atoms with Gasteiger partial charge in [0.25, 0.3) is 0 Å². The van der Waals surface area contributed by atoms with Gasteiger partial charge in [-0.25, -0.2) is 0 Å². The molecule has 1 N–H and O–H groups in total. The Morgan fingerprint density at radius 1 is 1.08 bits per heavy atom. The summed E-state index contributed by atoms with van der Waals surface area (Å²) in [4.78, 5) is 4.63. The van der Waals surface area contributed by atoms with Gasteiger partial charge >= 0.3 is 0 Å². The van der Waals surface area contributed by atoms with Crippen molar-refractivity contribution in [2.45, 2.75) is 37.6 Å². The van der Waals surface area contributed by atoms with Crippen molar-refractivity contribution in [1.82, 2.24) is 9.80 Å². The van der Waals surface area contributed by atoms with Crippen LogP contribution in [-0.4, -0.2) is 56.8 Å². The smallest absolute Gasteiger partial charge is 0.0253 e. The second-order valence-electron chi connectivity index (χ2n) is 8.36. The number of nitrogens with one attached hydrogen (secondary N) is 1. The van der Waals surface area contributed by atoms with E-state index in [0.717, 1.165) is 18.5 Å². The van der Waals surface area contributed by atoms with E-state index in [1.165, 1.54) is 36.6 Å². The lowest BCUT2D eigenvalue weighted by Gasteiger charge is -2.40. The zero-order chi connectivity index (χ0) is 18.7. The first kappa shape index (κ1) is 19.1. The Kier molecular flexibility index (Phi) is 6.10. The van der Waals surface area contributed by atoms with Crippen LogP contribution in [0.15, 0.2) is 47.6 Å². The van der Waals surface area contributed by atoms with Crippen molar-refractivity contribution >= 4 is 6.21 Å². The molecule has 1 saturated carbocycles. The van der Waals surface area contributed by atoms with E-state index in [0.29, 0.717) is 17.9 Å². The number of rotatable bonds is 6. The fraction of sp³-hybridized carbons (Fsp3) is 0.522. The highest BCUT2D eigenvalue weighted by atomic mass is 15.1. The SMILES string of the molecule is CN(C)CC1=CCC(C2CCC(N(C)C)CC2c2ccccc2C=N)=C1. The molecule has 2 aliphatic rings. The van der Waals surface area contributed by atoms with Gasteiger partial charge in [0.2, 0.25) is 0 Å². The Balaban J connectivity index is 1.89. The molecule has 0 saturated heterocycles. The predicted molar refractivity (Wildman–Crippen MR) is 111 cm³/mol. The van der Waals surface area contributed by atoms with Crippen LogP contribution in [0.2, 0.25) is 0 Å². The van der Waals surface area contributed by atoms with Gasteiger partial charge in [0.05, 0.1) is 0 Å². The second kappa shape index (κ2) is 8.32. The lowest BCUT2D eigenvalue weighted by Crippen LogP contribution is -2.36. The van der Waals surface area contributed by atoms with Crippen molar-refractivity contribution in [1.29, 1.82) is 5.41 Å². The van der Waals surface area contributed by atoms with E-state index in [2.05, 4.69) is 74.4 Å². The maximum Gasteiger partial charge on any atom is 0.0253 e. The summed E-state index contributed by atoms with van der Waals surface area (Å²) in [6, 6.07) is 9.16. The fourth-order valence-electron chi connectivity index (χ4n) is 4.72. The molecular weight excluding hydrogens is 318 g/mol. The van der Waals surface area contributed by atoms with E-state index >= 15 is 0 Å². The highest BCUT2D eigenvalue weighted by Gasteiger charge is 2.35. The summed E-state index contributed by atoms with van der Waals surface area (Å²) in [6.45, 7) is 1.03. The monoisotopic (exact) mass is 351 g/mol. The Morgan fingerprint density at radius 3 is 2.54 bits per heavy atom. The molecule has 0 amide bonds. The minimum atomic E-state index is 0.507. The molecule has 0 aliphatic heterocycles. The maximum absolute atomic E-state index is 7.86. The van der Waals surface area contributed by atoms with E-state index in [4.69, 9.17) is 5.41 Å². The third-order valence-electron chi connectivity index (χ3n) is 6.05. The molecule has 1 aromatic carbocycles. The number of hydrogen-bond acceptors (Lipinski definition) is 3. The van der Waals surface area contributed by atoms with Crippen LogP contribution in [-0.2, 0) is 0 Å². The average Bonchev–Trinajstić information content (AvgIpc) is 3.08. The molecule has 3 nitrogen and oxygen atoms in total. The Morgan fingerprint density at radius 2 is 1.85 bits per heavy atom. The fourth-order valence-corrected chi connectivity index (χ4v) is 4.72. The summed E-state index contributed by atoms with van der Waals surface area (Å²) in [5.41, 5.74) is 5.51. The first-order valence-electron chi connectivity index (χ1n) is 9.79. The number of benzene rings is 1. The molecule has 0 heterocycles. The Hall–Kier alpha value is -1.71. The quantitative estimate of drug-likeness (QED) is 0.774. The number of hydrogen-bond donors (Lipinski definition) is 1. The lowest BCUT2D eigenvalue weighted by atomic mass is 9.69. The average molecular weight is 352 g/mol. The van der Waals surface area contributed by atoms with Gasteiger partial charge in [0.15, 0.2) is 0 Å². The van der Waals surface area contributed by atoms with Crippen LogP contribution in [0.5, 0.6) is 0 Å². The van der Waals surface area contributed by atoms with Gasteiger partial charge in [0, 0.05) is 18.8 Å². The normalized spacial score (nSPS) is 26.2. The second-order valence-corrected chi connectivity index (χ2v) is 8.36. The van der Waals surface area contributed by atoms with Gasteiger partial charge in [-0.05, 0) is 82.4 Å². The van der Waals surface area contributed by atoms with Gasteiger partial charge in [-0.1, -0.05) is 42.0 Å². The first-order valence-corrected chi connectivity index (χ1v) is 9.79. The first-order chi connectivity index (χ1) is 12.5. The molecule has 1 aromatic rings. The molecule has 3 heteroatoms. The van der Waals surface area contributed by atoms with Crippen LogP contribution in [0, 0.1) is 11.3 Å². The van der Waals surface area contributed by atoms with Crippen molar-refractivity contribution in [3.63, 3.8) is 0 Å². The van der Waals surface area contributed by atoms with Gasteiger partial charge in [0.1, 0.15) is 0 Å². The van der Waals surface area contributed by atoms with Crippen LogP contribution in [0.3, 0.4) is 0 Å². The van der Waals surface area contributed by atoms with Crippen molar-refractivity contribution in [3.8, 4) is 0 Å². The van der Waals surface area contributed by atoms with Crippen molar-refractivity contribution in [2.75, 3.05) is 34.7 Å². The molecule has 3 atom stereocenters. The summed E-state index contributed by atoms with van der Waals surface area (Å²) in [7, 11) is 8.68. The van der Waals surface area contributed by atoms with Crippen LogP contribution in [0.25, 0.3) is 0 Å². The zero-order valence-corrected chi connectivity index (χ0v) is 16.7. The van der Waals surface area contributed by atoms with Gasteiger partial charge < -0.3 is 15.2 Å². The Labute approximate surface area is 158 Å². The zero-order valence-electron chi connectivity index (χ0n) is 16.7. The molecule has 0 bridgehead atoms. The lowest BCUT2D eigenvalue weighted by molar-refractivity contribution is 0.184. The summed E-state index contributed by atoms with van der Waals surface area (Å²) in [5, 5.41) is 7.86. The van der Waals surface area contributed by atoms with Crippen molar-refractivity contribution in [2.24, 2.45) is 5.92 Å². The number of likely N-dealkylation sites (N-methyl/N-ethyl adjacent to an activating group) is 1. The van der Waals surface area contributed by atoms with Gasteiger partial charge in [-0.15, -0.1) is 0 Å². The molecule has 0 radical (unpaired) electrons. The summed E-state index contributed by atoms with van der Waals surface area (Å²) < 4.78 is 0. The van der Waals surface area contributed by atoms with Crippen LogP contribution in [0.4, 0.5) is 0 Å². The van der Waals surface area contributed by atoms with E-state index in [-0.39, 0.29) is 0 Å². The summed E-state index contributed by atoms with van der Waals surface area (Å²) >= 11 is 0. The van der Waals surface area contributed by atoms with Crippen LogP contribution in [0.1, 0.15) is 42.7 Å². The molecule has 1 fully saturated rings. The molecule has 0 spiro atoms. The van der Waals surface area contributed by atoms with Gasteiger partial charge in [-0.3, -0.25) is 0 Å². The summed E-state index contributed by atoms with van der Waals surface area (Å²) in [6.07, 6.45) is 11.2. The molecule has 3 rings (SSSR count). The summed E-state index contributed by atoms with van der Waals surface area (Å²) in [5.74, 6) is 1.11. The Bertz CT molecular complexity index is 699. The molecule has 2 aliphatic carbocycles. The highest BCUT2D eigenvalue weighted by Crippen LogP contribution is 2.45. The minimum Gasteiger partial charge on any atom is -0.308 e. The highest BCUT2D eigenvalue weighted by molar-refractivity contribution is 5.79. The molecule has 140 valence electrons. The molecular formula is C23H33N3. The van der Waals surface area contributed by atoms with E-state index in [1.54, 1.807) is 5.57 Å². The predicted octanol–water partition coefficient (Wildman–Crippen LogP) is 4.32. The van der Waals surface area contributed by atoms with E-state index < -0.39 is 0 Å². The third kappa shape index (κ3) is 4.16. The van der Waals surface area contributed by atoms with Crippen LogP contribution < -0.4 is 0 Å². The van der Waals surface area contributed by atoms with Crippen molar-refractivity contribution < 1.29 is 0 Å². The standard InChI is InChI=1S/C23H33N3/c1-25(2)16-17-9-10-18(13-17)22-12-11-20(26(3)4)14-23(22)21-8-6-5-7-19(21)15-24/h5-9,13,15,20,22-24H,10-12,14,16H2,1-4H3. The van der Waals surface area contributed by atoms with Gasteiger partial charge in [-0.2, -0.15) is 0 Å². The maximum atomic E-state index is 7.86. The largest absolute Gasteiger partial charge is 0.308 e. The van der Waals surface area contributed by atoms with Crippen LogP contribution >= 0.6 is 0 Å². The topological polar surface area (TPSA) is 30.3 Å². The van der Waals surface area contributed by atoms with E-state index in [1.807, 2.05) is 0 Å². The molecule has 3 unspecified atom stereocenters. The number of allylic oxidation sites excluding steroid dienone is 2. The van der Waals surface area contributed by atoms with E-state index in [9.17, 15) is 0 Å². The van der Waals surface area contributed by atoms with Crippen molar-refractivity contribution in [3.05, 3.63) is 58.7 Å².